The van der Waals surface area contributed by atoms with Crippen molar-refractivity contribution < 1.29 is 18.8 Å². The number of nitro benzene ring substituents is 1. The van der Waals surface area contributed by atoms with Crippen LogP contribution in [-0.4, -0.2) is 29.2 Å². The van der Waals surface area contributed by atoms with Crippen LogP contribution in [0.4, 0.5) is 20.2 Å². The molecule has 1 aromatic carbocycles. The largest absolute Gasteiger partial charge is 0.393 e. The van der Waals surface area contributed by atoms with Gasteiger partial charge in [-0.1, -0.05) is 0 Å². The van der Waals surface area contributed by atoms with Crippen molar-refractivity contribution in [2.24, 2.45) is 5.92 Å². The maximum Gasteiger partial charge on any atom is 0.295 e. The van der Waals surface area contributed by atoms with E-state index in [1.807, 2.05) is 0 Å². The van der Waals surface area contributed by atoms with Gasteiger partial charge < -0.3 is 10.0 Å². The molecule has 5 nitrogen and oxygen atoms in total. The maximum atomic E-state index is 13.9. The fraction of sp³-hybridized carbons (Fsp3) is 0.538. The van der Waals surface area contributed by atoms with Gasteiger partial charge in [-0.05, 0) is 31.7 Å². The zero-order valence-electron chi connectivity index (χ0n) is 11.1. The molecule has 1 N–H and O–H groups in total. The Morgan fingerprint density at radius 3 is 2.50 bits per heavy atom. The molecular weight excluding hydrogens is 270 g/mol. The predicted octanol–water partition coefficient (Wildman–Crippen LogP) is 2.47. The molecule has 1 fully saturated rings. The molecule has 110 valence electrons. The summed E-state index contributed by atoms with van der Waals surface area (Å²) in [7, 11) is 0. The fourth-order valence-corrected chi connectivity index (χ4v) is 2.58. The third-order valence-corrected chi connectivity index (χ3v) is 3.78. The van der Waals surface area contributed by atoms with Gasteiger partial charge in [-0.25, -0.2) is 8.78 Å². The SMILES string of the molecule is CC(O)C1CCN(c2c([N+](=O)[O-])ccc(F)c2F)CC1. The lowest BCUT2D eigenvalue weighted by atomic mass is 9.92. The molecule has 1 heterocycles. The first-order valence-corrected chi connectivity index (χ1v) is 6.47. The molecule has 1 unspecified atom stereocenters. The molecule has 20 heavy (non-hydrogen) atoms. The molecule has 0 radical (unpaired) electrons. The normalized spacial score (nSPS) is 18.1. The summed E-state index contributed by atoms with van der Waals surface area (Å²) in [5.41, 5.74) is -0.724. The summed E-state index contributed by atoms with van der Waals surface area (Å²) < 4.78 is 27.2. The number of nitrogens with zero attached hydrogens (tertiary/aromatic N) is 2. The minimum Gasteiger partial charge on any atom is -0.393 e. The molecule has 1 aliphatic rings. The highest BCUT2D eigenvalue weighted by Gasteiger charge is 2.30. The van der Waals surface area contributed by atoms with Crippen molar-refractivity contribution in [3.63, 3.8) is 0 Å². The lowest BCUT2D eigenvalue weighted by Crippen LogP contribution is -2.37. The summed E-state index contributed by atoms with van der Waals surface area (Å²) in [6.07, 6.45) is 0.708. The number of aliphatic hydroxyl groups is 1. The van der Waals surface area contributed by atoms with Crippen LogP contribution in [0.3, 0.4) is 0 Å². The lowest BCUT2D eigenvalue weighted by Gasteiger charge is -2.34. The van der Waals surface area contributed by atoms with E-state index in [4.69, 9.17) is 0 Å². The van der Waals surface area contributed by atoms with Crippen molar-refractivity contribution in [1.29, 1.82) is 0 Å². The highest BCUT2D eigenvalue weighted by atomic mass is 19.2. The van der Waals surface area contributed by atoms with Gasteiger partial charge in [0.05, 0.1) is 11.0 Å². The highest BCUT2D eigenvalue weighted by Crippen LogP contribution is 2.35. The van der Waals surface area contributed by atoms with Gasteiger partial charge in [0.15, 0.2) is 17.3 Å². The van der Waals surface area contributed by atoms with Crippen molar-refractivity contribution in [3.8, 4) is 0 Å². The fourth-order valence-electron chi connectivity index (χ4n) is 2.58. The summed E-state index contributed by atoms with van der Waals surface area (Å²) in [5, 5.41) is 20.5. The summed E-state index contributed by atoms with van der Waals surface area (Å²) in [5.74, 6) is -2.19. The first-order valence-electron chi connectivity index (χ1n) is 6.47. The average molecular weight is 286 g/mol. The highest BCUT2D eigenvalue weighted by molar-refractivity contribution is 5.64. The Kier molecular flexibility index (Phi) is 4.17. The van der Waals surface area contributed by atoms with E-state index in [9.17, 15) is 24.0 Å². The molecule has 0 aliphatic carbocycles. The number of piperidine rings is 1. The van der Waals surface area contributed by atoms with Crippen molar-refractivity contribution in [1.82, 2.24) is 0 Å². The van der Waals surface area contributed by atoms with Crippen LogP contribution in [0.25, 0.3) is 0 Å². The summed E-state index contributed by atoms with van der Waals surface area (Å²) in [6.45, 7) is 2.40. The molecule has 0 amide bonds. The van der Waals surface area contributed by atoms with Crippen LogP contribution >= 0.6 is 0 Å². The smallest absolute Gasteiger partial charge is 0.295 e. The number of hydrogen-bond acceptors (Lipinski definition) is 4. The Hall–Kier alpha value is -1.76. The van der Waals surface area contributed by atoms with Gasteiger partial charge in [-0.15, -0.1) is 0 Å². The van der Waals surface area contributed by atoms with Crippen LogP contribution < -0.4 is 4.90 Å². The van der Waals surface area contributed by atoms with E-state index in [0.29, 0.717) is 25.9 Å². The van der Waals surface area contributed by atoms with Crippen LogP contribution in [0.15, 0.2) is 12.1 Å². The van der Waals surface area contributed by atoms with E-state index in [1.165, 1.54) is 4.90 Å². The van der Waals surface area contributed by atoms with Crippen LogP contribution in [0.2, 0.25) is 0 Å². The molecule has 1 aromatic rings. The third kappa shape index (κ3) is 2.72. The number of rotatable bonds is 3. The summed E-state index contributed by atoms with van der Waals surface area (Å²) in [4.78, 5) is 11.7. The molecule has 7 heteroatoms. The number of anilines is 1. The standard InChI is InChI=1S/C13H16F2N2O3/c1-8(18)9-4-6-16(7-5-9)13-11(17(19)20)3-2-10(14)12(13)15/h2-3,8-9,18H,4-7H2,1H3. The van der Waals surface area contributed by atoms with E-state index in [1.54, 1.807) is 6.92 Å². The molecule has 0 aromatic heterocycles. The summed E-state index contributed by atoms with van der Waals surface area (Å²) in [6, 6.07) is 1.74. The zero-order valence-corrected chi connectivity index (χ0v) is 11.1. The lowest BCUT2D eigenvalue weighted by molar-refractivity contribution is -0.384. The minimum atomic E-state index is -1.19. The van der Waals surface area contributed by atoms with Gasteiger partial charge >= 0.3 is 0 Å². The Balaban J connectivity index is 2.29. The summed E-state index contributed by atoms with van der Waals surface area (Å²) >= 11 is 0. The van der Waals surface area contributed by atoms with Crippen LogP contribution in [0.5, 0.6) is 0 Å². The zero-order chi connectivity index (χ0) is 14.9. The first-order chi connectivity index (χ1) is 9.41. The number of hydrogen-bond donors (Lipinski definition) is 1. The molecule has 1 atom stereocenters. The Morgan fingerprint density at radius 1 is 1.40 bits per heavy atom. The van der Waals surface area contributed by atoms with Crippen LogP contribution in [0.1, 0.15) is 19.8 Å². The monoisotopic (exact) mass is 286 g/mol. The first kappa shape index (κ1) is 14.6. The Labute approximate surface area is 115 Å². The van der Waals surface area contributed by atoms with Crippen molar-refractivity contribution in [2.75, 3.05) is 18.0 Å². The Bertz CT molecular complexity index is 515. The number of aliphatic hydroxyl groups excluding tert-OH is 1. The van der Waals surface area contributed by atoms with E-state index in [-0.39, 0.29) is 11.6 Å². The average Bonchev–Trinajstić information content (AvgIpc) is 2.41. The van der Waals surface area contributed by atoms with Gasteiger partial charge in [0.25, 0.3) is 5.69 Å². The number of halogens is 2. The van der Waals surface area contributed by atoms with E-state index in [2.05, 4.69) is 0 Å². The maximum absolute atomic E-state index is 13.9. The molecule has 0 saturated carbocycles. The second-order valence-electron chi connectivity index (χ2n) is 5.05. The van der Waals surface area contributed by atoms with Crippen LogP contribution in [-0.2, 0) is 0 Å². The van der Waals surface area contributed by atoms with Gasteiger partial charge in [0.2, 0.25) is 0 Å². The van der Waals surface area contributed by atoms with Crippen molar-refractivity contribution in [3.05, 3.63) is 33.9 Å². The second-order valence-corrected chi connectivity index (χ2v) is 5.05. The molecule has 0 spiro atoms. The molecular formula is C13H16F2N2O3. The topological polar surface area (TPSA) is 66.6 Å². The molecule has 1 aliphatic heterocycles. The van der Waals surface area contributed by atoms with Gasteiger partial charge in [-0.2, -0.15) is 0 Å². The van der Waals surface area contributed by atoms with E-state index < -0.39 is 28.3 Å². The van der Waals surface area contributed by atoms with Crippen LogP contribution in [0, 0.1) is 27.7 Å². The van der Waals surface area contributed by atoms with Gasteiger partial charge in [0.1, 0.15) is 0 Å². The second kappa shape index (κ2) is 5.70. The molecule has 1 saturated heterocycles. The number of benzene rings is 1. The molecule has 0 bridgehead atoms. The Morgan fingerprint density at radius 2 is 2.00 bits per heavy atom. The van der Waals surface area contributed by atoms with Crippen molar-refractivity contribution in [2.45, 2.75) is 25.9 Å². The van der Waals surface area contributed by atoms with Gasteiger partial charge in [0, 0.05) is 19.2 Å². The van der Waals surface area contributed by atoms with E-state index >= 15 is 0 Å². The quantitative estimate of drug-likeness (QED) is 0.684. The van der Waals surface area contributed by atoms with Crippen molar-refractivity contribution >= 4 is 11.4 Å². The van der Waals surface area contributed by atoms with E-state index in [0.717, 1.165) is 12.1 Å². The minimum absolute atomic E-state index is 0.0851. The third-order valence-electron chi connectivity index (χ3n) is 3.78. The predicted molar refractivity (Wildman–Crippen MR) is 69.6 cm³/mol. The van der Waals surface area contributed by atoms with Gasteiger partial charge in [-0.3, -0.25) is 10.1 Å². The molecule has 2 rings (SSSR count). The number of nitro groups is 1.